The van der Waals surface area contributed by atoms with Gasteiger partial charge in [-0.2, -0.15) is 0 Å². The van der Waals surface area contributed by atoms with E-state index >= 15 is 0 Å². The topological polar surface area (TPSA) is 32.3 Å². The lowest BCUT2D eigenvalue weighted by Gasteiger charge is -2.08. The Kier molecular flexibility index (Phi) is 5.47. The average Bonchev–Trinajstić information content (AvgIpc) is 1.86. The van der Waals surface area contributed by atoms with Crippen molar-refractivity contribution < 1.29 is 4.79 Å². The molecule has 0 aromatic carbocycles. The van der Waals surface area contributed by atoms with Crippen LogP contribution in [0.4, 0.5) is 0 Å². The largest absolute Gasteiger partial charge is 0.352 e. The van der Waals surface area contributed by atoms with Gasteiger partial charge < -0.3 is 10.2 Å². The molecule has 0 aliphatic heterocycles. The van der Waals surface area contributed by atoms with Gasteiger partial charge in [0.05, 0.1) is 6.54 Å². The number of hydrogen-bond acceptors (Lipinski definition) is 2. The molecule has 1 amide bonds. The van der Waals surface area contributed by atoms with Gasteiger partial charge in [-0.3, -0.25) is 4.79 Å². The third-order valence-electron chi connectivity index (χ3n) is 1.11. The number of carbonyl (C=O) groups is 1. The second-order valence-electron chi connectivity index (χ2n) is 2.61. The summed E-state index contributed by atoms with van der Waals surface area (Å²) in [5, 5.41) is 2.75. The van der Waals surface area contributed by atoms with Gasteiger partial charge in [0.25, 0.3) is 0 Å². The molecule has 64 valence electrons. The van der Waals surface area contributed by atoms with Crippen molar-refractivity contribution in [3.8, 4) is 0 Å². The maximum Gasteiger partial charge on any atom is 0.234 e. The van der Waals surface area contributed by atoms with E-state index in [0.29, 0.717) is 13.1 Å². The summed E-state index contributed by atoms with van der Waals surface area (Å²) in [5.41, 5.74) is 0. The highest BCUT2D eigenvalue weighted by Gasteiger charge is 1.98. The minimum absolute atomic E-state index is 0.0631. The van der Waals surface area contributed by atoms with Crippen LogP contribution in [0.5, 0.6) is 0 Å². The molecule has 0 unspecified atom stereocenters. The molecule has 0 aliphatic carbocycles. The maximum absolute atomic E-state index is 10.9. The summed E-state index contributed by atoms with van der Waals surface area (Å²) in [5.74, 6) is 0.0631. The predicted molar refractivity (Wildman–Crippen MR) is 46.4 cm³/mol. The Hall–Kier alpha value is -0.830. The first kappa shape index (κ1) is 10.2. The molecule has 11 heavy (non-hydrogen) atoms. The molecule has 0 aromatic heterocycles. The summed E-state index contributed by atoms with van der Waals surface area (Å²) in [6.45, 7) is 3.01. The van der Waals surface area contributed by atoms with Gasteiger partial charge in [-0.25, -0.2) is 0 Å². The Balaban J connectivity index is 3.37. The number of likely N-dealkylation sites (N-methyl/N-ethyl adjacent to an activating group) is 1. The number of allylic oxidation sites excluding steroid dienone is 1. The Bertz CT molecular complexity index is 141. The Labute approximate surface area is 68.1 Å². The van der Waals surface area contributed by atoms with Gasteiger partial charge in [0.15, 0.2) is 0 Å². The van der Waals surface area contributed by atoms with E-state index in [4.69, 9.17) is 0 Å². The molecule has 0 aromatic rings. The number of carbonyl (C=O) groups excluding carboxylic acids is 1. The van der Waals surface area contributed by atoms with Crippen molar-refractivity contribution in [2.45, 2.75) is 6.92 Å². The molecule has 0 aliphatic rings. The minimum atomic E-state index is 0.0631. The Morgan fingerprint density at radius 2 is 2.18 bits per heavy atom. The van der Waals surface area contributed by atoms with Crippen LogP contribution in [0.3, 0.4) is 0 Å². The number of nitrogens with zero attached hydrogens (tertiary/aromatic N) is 1. The standard InChI is InChI=1S/C8H16N2O/c1-4-5-6-9-8(11)7-10(2)3/h4-5H,6-7H2,1-3H3,(H,9,11). The van der Waals surface area contributed by atoms with Crippen molar-refractivity contribution in [1.29, 1.82) is 0 Å². The molecule has 0 fully saturated rings. The molecule has 1 N–H and O–H groups in total. The van der Waals surface area contributed by atoms with Gasteiger partial charge in [-0.15, -0.1) is 0 Å². The number of rotatable bonds is 4. The van der Waals surface area contributed by atoms with Crippen molar-refractivity contribution >= 4 is 5.91 Å². The minimum Gasteiger partial charge on any atom is -0.352 e. The van der Waals surface area contributed by atoms with E-state index in [2.05, 4.69) is 5.32 Å². The van der Waals surface area contributed by atoms with Gasteiger partial charge in [-0.05, 0) is 21.0 Å². The van der Waals surface area contributed by atoms with E-state index in [1.54, 1.807) is 0 Å². The second kappa shape index (κ2) is 5.92. The molecule has 0 rings (SSSR count). The maximum atomic E-state index is 10.9. The van der Waals surface area contributed by atoms with Crippen LogP contribution in [0.25, 0.3) is 0 Å². The zero-order valence-corrected chi connectivity index (χ0v) is 7.42. The van der Waals surface area contributed by atoms with Crippen molar-refractivity contribution in [3.05, 3.63) is 12.2 Å². The van der Waals surface area contributed by atoms with Gasteiger partial charge in [0, 0.05) is 6.54 Å². The molecule has 0 heterocycles. The molecule has 0 saturated heterocycles. The summed E-state index contributed by atoms with van der Waals surface area (Å²) in [6.07, 6.45) is 3.82. The number of amides is 1. The lowest BCUT2D eigenvalue weighted by molar-refractivity contribution is -0.121. The van der Waals surface area contributed by atoms with E-state index in [1.165, 1.54) is 0 Å². The van der Waals surface area contributed by atoms with Crippen LogP contribution in [0.1, 0.15) is 6.92 Å². The third kappa shape index (κ3) is 7.06. The fourth-order valence-electron chi connectivity index (χ4n) is 0.634. The van der Waals surface area contributed by atoms with E-state index in [1.807, 2.05) is 38.1 Å². The highest BCUT2D eigenvalue weighted by molar-refractivity contribution is 5.78. The van der Waals surface area contributed by atoms with Crippen molar-refractivity contribution in [3.63, 3.8) is 0 Å². The highest BCUT2D eigenvalue weighted by Crippen LogP contribution is 1.74. The number of hydrogen-bond donors (Lipinski definition) is 1. The molecular formula is C8H16N2O. The zero-order chi connectivity index (χ0) is 8.69. The summed E-state index contributed by atoms with van der Waals surface area (Å²) in [7, 11) is 3.74. The smallest absolute Gasteiger partial charge is 0.234 e. The van der Waals surface area contributed by atoms with Crippen molar-refractivity contribution in [2.24, 2.45) is 0 Å². The fraction of sp³-hybridized carbons (Fsp3) is 0.625. The SMILES string of the molecule is CC=CCNC(=O)CN(C)C. The van der Waals surface area contributed by atoms with Crippen molar-refractivity contribution in [1.82, 2.24) is 10.2 Å². The molecule has 0 spiro atoms. The molecule has 3 heteroatoms. The van der Waals surface area contributed by atoms with Gasteiger partial charge >= 0.3 is 0 Å². The van der Waals surface area contributed by atoms with Crippen molar-refractivity contribution in [2.75, 3.05) is 27.2 Å². The van der Waals surface area contributed by atoms with Crippen LogP contribution < -0.4 is 5.32 Å². The second-order valence-corrected chi connectivity index (χ2v) is 2.61. The summed E-state index contributed by atoms with van der Waals surface area (Å²) in [6, 6.07) is 0. The summed E-state index contributed by atoms with van der Waals surface area (Å²) >= 11 is 0. The van der Waals surface area contributed by atoms with E-state index < -0.39 is 0 Å². The first-order valence-electron chi connectivity index (χ1n) is 3.69. The van der Waals surface area contributed by atoms with E-state index in [9.17, 15) is 4.79 Å². The monoisotopic (exact) mass is 156 g/mol. The lowest BCUT2D eigenvalue weighted by atomic mass is 10.5. The van der Waals surface area contributed by atoms with Gasteiger partial charge in [0.1, 0.15) is 0 Å². The van der Waals surface area contributed by atoms with Gasteiger partial charge in [0.2, 0.25) is 5.91 Å². The zero-order valence-electron chi connectivity index (χ0n) is 7.42. The molecule has 3 nitrogen and oxygen atoms in total. The Morgan fingerprint density at radius 3 is 2.64 bits per heavy atom. The van der Waals surface area contributed by atoms with E-state index in [0.717, 1.165) is 0 Å². The van der Waals surface area contributed by atoms with Crippen LogP contribution in [-0.2, 0) is 4.79 Å². The van der Waals surface area contributed by atoms with Gasteiger partial charge in [-0.1, -0.05) is 12.2 Å². The highest BCUT2D eigenvalue weighted by atomic mass is 16.1. The molecular weight excluding hydrogens is 140 g/mol. The average molecular weight is 156 g/mol. The number of nitrogens with one attached hydrogen (secondary N) is 1. The normalized spacial score (nSPS) is 10.9. The van der Waals surface area contributed by atoms with Crippen LogP contribution in [0.15, 0.2) is 12.2 Å². The van der Waals surface area contributed by atoms with E-state index in [-0.39, 0.29) is 5.91 Å². The quantitative estimate of drug-likeness (QED) is 0.591. The van der Waals surface area contributed by atoms with Crippen LogP contribution >= 0.6 is 0 Å². The third-order valence-corrected chi connectivity index (χ3v) is 1.11. The van der Waals surface area contributed by atoms with Crippen LogP contribution in [-0.4, -0.2) is 38.0 Å². The lowest BCUT2D eigenvalue weighted by Crippen LogP contribution is -2.33. The Morgan fingerprint density at radius 1 is 1.55 bits per heavy atom. The predicted octanol–water partition coefficient (Wildman–Crippen LogP) is 0.240. The summed E-state index contributed by atoms with van der Waals surface area (Å²) in [4.78, 5) is 12.8. The summed E-state index contributed by atoms with van der Waals surface area (Å²) < 4.78 is 0. The first-order valence-corrected chi connectivity index (χ1v) is 3.69. The molecule has 0 atom stereocenters. The first-order chi connectivity index (χ1) is 5.16. The van der Waals surface area contributed by atoms with Crippen LogP contribution in [0, 0.1) is 0 Å². The fourth-order valence-corrected chi connectivity index (χ4v) is 0.634. The van der Waals surface area contributed by atoms with Crippen LogP contribution in [0.2, 0.25) is 0 Å². The molecule has 0 bridgehead atoms. The molecule has 0 saturated carbocycles. The molecule has 0 radical (unpaired) electrons.